The molecule has 0 saturated carbocycles. The average Bonchev–Trinajstić information content (AvgIpc) is 2.30. The molecule has 0 radical (unpaired) electrons. The molecule has 20 heavy (non-hydrogen) atoms. The van der Waals surface area contributed by atoms with Gasteiger partial charge in [0.15, 0.2) is 0 Å². The molecule has 0 bridgehead atoms. The highest BCUT2D eigenvalue weighted by Gasteiger charge is 2.21. The Morgan fingerprint density at radius 2 is 1.90 bits per heavy atom. The van der Waals surface area contributed by atoms with Crippen molar-refractivity contribution in [3.05, 3.63) is 29.6 Å². The summed E-state index contributed by atoms with van der Waals surface area (Å²) in [5, 5.41) is 5.26. The summed E-state index contributed by atoms with van der Waals surface area (Å²) in [4.78, 5) is 23.7. The molecular formula is C14H20FN3O2. The van der Waals surface area contributed by atoms with Crippen molar-refractivity contribution in [3.63, 3.8) is 0 Å². The fourth-order valence-electron chi connectivity index (χ4n) is 1.49. The van der Waals surface area contributed by atoms with Crippen molar-refractivity contribution in [1.29, 1.82) is 0 Å². The number of hydrogen-bond acceptors (Lipinski definition) is 3. The molecule has 0 aromatic heterocycles. The van der Waals surface area contributed by atoms with Crippen LogP contribution in [-0.2, 0) is 4.79 Å². The van der Waals surface area contributed by atoms with Gasteiger partial charge in [0.1, 0.15) is 11.9 Å². The van der Waals surface area contributed by atoms with E-state index in [1.165, 1.54) is 12.1 Å². The minimum atomic E-state index is -0.720. The highest BCUT2D eigenvalue weighted by atomic mass is 19.1. The van der Waals surface area contributed by atoms with E-state index in [9.17, 15) is 14.0 Å². The van der Waals surface area contributed by atoms with Crippen molar-refractivity contribution < 1.29 is 14.0 Å². The number of carbonyl (C=O) groups excluding carboxylic acids is 2. The zero-order chi connectivity index (χ0) is 15.5. The summed E-state index contributed by atoms with van der Waals surface area (Å²) < 4.78 is 13.3. The van der Waals surface area contributed by atoms with E-state index >= 15 is 0 Å². The van der Waals surface area contributed by atoms with Crippen molar-refractivity contribution in [2.45, 2.75) is 39.3 Å². The molecule has 0 aliphatic rings. The molecule has 0 aliphatic heterocycles. The van der Waals surface area contributed by atoms with Crippen molar-refractivity contribution in [2.24, 2.45) is 0 Å². The standard InChI is InChI=1S/C14H20FN3O2/c1-8(12(19)18-14(2,3)4)17-13(20)9-5-6-11(16)10(15)7-9/h5-8H,16H2,1-4H3,(H,17,20)(H,18,19). The molecule has 1 rings (SSSR count). The lowest BCUT2D eigenvalue weighted by atomic mass is 10.1. The Kier molecular flexibility index (Phi) is 4.70. The molecule has 0 saturated heterocycles. The fraction of sp³-hybridized carbons (Fsp3) is 0.429. The van der Waals surface area contributed by atoms with Crippen LogP contribution >= 0.6 is 0 Å². The number of benzene rings is 1. The maximum absolute atomic E-state index is 13.3. The summed E-state index contributed by atoms with van der Waals surface area (Å²) in [7, 11) is 0. The molecular weight excluding hydrogens is 261 g/mol. The normalized spacial score (nSPS) is 12.7. The summed E-state index contributed by atoms with van der Waals surface area (Å²) >= 11 is 0. The number of carbonyl (C=O) groups is 2. The first-order valence-electron chi connectivity index (χ1n) is 6.28. The molecule has 1 aromatic rings. The molecule has 0 heterocycles. The number of halogens is 1. The van der Waals surface area contributed by atoms with Crippen molar-refractivity contribution in [2.75, 3.05) is 5.73 Å². The molecule has 0 fully saturated rings. The van der Waals surface area contributed by atoms with E-state index in [0.29, 0.717) is 0 Å². The van der Waals surface area contributed by atoms with Gasteiger partial charge in [0, 0.05) is 11.1 Å². The molecule has 2 amide bonds. The molecule has 1 unspecified atom stereocenters. The number of nitrogens with one attached hydrogen (secondary N) is 2. The SMILES string of the molecule is CC(NC(=O)c1ccc(N)c(F)c1)C(=O)NC(C)(C)C. The van der Waals surface area contributed by atoms with Crippen LogP contribution in [0, 0.1) is 5.82 Å². The molecule has 110 valence electrons. The Morgan fingerprint density at radius 1 is 1.30 bits per heavy atom. The Hall–Kier alpha value is -2.11. The van der Waals surface area contributed by atoms with Crippen LogP contribution in [0.5, 0.6) is 0 Å². The molecule has 1 atom stereocenters. The van der Waals surface area contributed by atoms with E-state index in [-0.39, 0.29) is 22.7 Å². The van der Waals surface area contributed by atoms with Crippen LogP contribution in [-0.4, -0.2) is 23.4 Å². The lowest BCUT2D eigenvalue weighted by Gasteiger charge is -2.23. The van der Waals surface area contributed by atoms with Gasteiger partial charge in [-0.3, -0.25) is 9.59 Å². The van der Waals surface area contributed by atoms with Crippen LogP contribution in [0.2, 0.25) is 0 Å². The summed E-state index contributed by atoms with van der Waals surface area (Å²) in [6.07, 6.45) is 0. The molecule has 0 spiro atoms. The molecule has 4 N–H and O–H groups in total. The first kappa shape index (κ1) is 15.9. The number of anilines is 1. The van der Waals surface area contributed by atoms with Gasteiger partial charge < -0.3 is 16.4 Å². The van der Waals surface area contributed by atoms with Crippen LogP contribution in [0.4, 0.5) is 10.1 Å². The minimum Gasteiger partial charge on any atom is -0.396 e. The van der Waals surface area contributed by atoms with Crippen molar-refractivity contribution in [1.82, 2.24) is 10.6 Å². The lowest BCUT2D eigenvalue weighted by molar-refractivity contribution is -0.124. The Bertz CT molecular complexity index is 524. The zero-order valence-electron chi connectivity index (χ0n) is 12.1. The van der Waals surface area contributed by atoms with E-state index in [4.69, 9.17) is 5.73 Å². The van der Waals surface area contributed by atoms with Crippen LogP contribution < -0.4 is 16.4 Å². The summed E-state index contributed by atoms with van der Waals surface area (Å²) in [5.41, 5.74) is 5.04. The van der Waals surface area contributed by atoms with Gasteiger partial charge in [-0.2, -0.15) is 0 Å². The number of hydrogen-bond donors (Lipinski definition) is 3. The Balaban J connectivity index is 2.70. The van der Waals surface area contributed by atoms with Gasteiger partial charge >= 0.3 is 0 Å². The Morgan fingerprint density at radius 3 is 2.40 bits per heavy atom. The second-order valence-electron chi connectivity index (χ2n) is 5.67. The van der Waals surface area contributed by atoms with Gasteiger partial charge in [-0.1, -0.05) is 0 Å². The third-order valence-corrected chi connectivity index (χ3v) is 2.50. The van der Waals surface area contributed by atoms with Crippen LogP contribution in [0.1, 0.15) is 38.1 Å². The third kappa shape index (κ3) is 4.53. The Labute approximate surface area is 117 Å². The summed E-state index contributed by atoms with van der Waals surface area (Å²) in [5.74, 6) is -1.49. The predicted octanol–water partition coefficient (Wildman–Crippen LogP) is 1.44. The largest absolute Gasteiger partial charge is 0.396 e. The number of nitrogens with two attached hydrogens (primary N) is 1. The topological polar surface area (TPSA) is 84.2 Å². The van der Waals surface area contributed by atoms with E-state index in [1.807, 2.05) is 20.8 Å². The van der Waals surface area contributed by atoms with E-state index in [1.54, 1.807) is 6.92 Å². The number of nitrogen functional groups attached to an aromatic ring is 1. The van der Waals surface area contributed by atoms with E-state index in [2.05, 4.69) is 10.6 Å². The fourth-order valence-corrected chi connectivity index (χ4v) is 1.49. The van der Waals surface area contributed by atoms with Crippen LogP contribution in [0.3, 0.4) is 0 Å². The van der Waals surface area contributed by atoms with Crippen LogP contribution in [0.15, 0.2) is 18.2 Å². The van der Waals surface area contributed by atoms with Gasteiger partial charge in [0.2, 0.25) is 5.91 Å². The first-order chi connectivity index (χ1) is 9.10. The van der Waals surface area contributed by atoms with E-state index in [0.717, 1.165) is 6.07 Å². The summed E-state index contributed by atoms with van der Waals surface area (Å²) in [6, 6.07) is 3.04. The van der Waals surface area contributed by atoms with Crippen molar-refractivity contribution in [3.8, 4) is 0 Å². The van der Waals surface area contributed by atoms with Crippen molar-refractivity contribution >= 4 is 17.5 Å². The molecule has 5 nitrogen and oxygen atoms in total. The minimum absolute atomic E-state index is 0.0277. The zero-order valence-corrected chi connectivity index (χ0v) is 12.1. The maximum atomic E-state index is 13.3. The summed E-state index contributed by atoms with van der Waals surface area (Å²) in [6.45, 7) is 7.09. The van der Waals surface area contributed by atoms with Gasteiger partial charge in [-0.05, 0) is 45.9 Å². The smallest absolute Gasteiger partial charge is 0.252 e. The monoisotopic (exact) mass is 281 g/mol. The lowest BCUT2D eigenvalue weighted by Crippen LogP contribution is -2.50. The molecule has 1 aromatic carbocycles. The molecule has 6 heteroatoms. The van der Waals surface area contributed by atoms with Gasteiger partial charge in [0.05, 0.1) is 5.69 Å². The first-order valence-corrected chi connectivity index (χ1v) is 6.28. The highest BCUT2D eigenvalue weighted by molar-refractivity contribution is 5.97. The number of rotatable bonds is 3. The maximum Gasteiger partial charge on any atom is 0.252 e. The van der Waals surface area contributed by atoms with Gasteiger partial charge in [-0.25, -0.2) is 4.39 Å². The van der Waals surface area contributed by atoms with Gasteiger partial charge in [0.25, 0.3) is 5.91 Å². The quantitative estimate of drug-likeness (QED) is 0.733. The van der Waals surface area contributed by atoms with Gasteiger partial charge in [-0.15, -0.1) is 0 Å². The second kappa shape index (κ2) is 5.90. The molecule has 0 aliphatic carbocycles. The van der Waals surface area contributed by atoms with Crippen LogP contribution in [0.25, 0.3) is 0 Å². The van der Waals surface area contributed by atoms with E-state index < -0.39 is 17.8 Å². The predicted molar refractivity (Wildman–Crippen MR) is 75.6 cm³/mol. The third-order valence-electron chi connectivity index (χ3n) is 2.50. The second-order valence-corrected chi connectivity index (χ2v) is 5.67. The average molecular weight is 281 g/mol. The highest BCUT2D eigenvalue weighted by Crippen LogP contribution is 2.12. The number of amides is 2.